The summed E-state index contributed by atoms with van der Waals surface area (Å²) in [7, 11) is -2.71. The first-order valence-electron chi connectivity index (χ1n) is 8.68. The largest absolute Gasteiger partial charge is 0.406 e. The molecule has 2 aliphatic heterocycles. The van der Waals surface area contributed by atoms with Gasteiger partial charge in [-0.05, 0) is 24.6 Å². The van der Waals surface area contributed by atoms with Gasteiger partial charge in [-0.1, -0.05) is 0 Å². The van der Waals surface area contributed by atoms with Crippen LogP contribution in [0.15, 0.2) is 29.4 Å². The summed E-state index contributed by atoms with van der Waals surface area (Å²) in [5, 5.41) is 3.92. The Morgan fingerprint density at radius 3 is 2.80 bits per heavy atom. The van der Waals surface area contributed by atoms with Gasteiger partial charge >= 0.3 is 6.18 Å². The predicted molar refractivity (Wildman–Crippen MR) is 95.3 cm³/mol. The lowest BCUT2D eigenvalue weighted by molar-refractivity contribution is -0.158. The molecule has 1 N–H and O–H groups in total. The van der Waals surface area contributed by atoms with E-state index in [1.807, 2.05) is 0 Å². The van der Waals surface area contributed by atoms with Gasteiger partial charge in [0.25, 0.3) is 15.9 Å². The number of nitrogens with one attached hydrogen (secondary N) is 1. The third-order valence-electron chi connectivity index (χ3n) is 4.93. The number of carbonyl (C=O) groups excluding carboxylic acids is 2. The van der Waals surface area contributed by atoms with Crippen molar-refractivity contribution >= 4 is 27.8 Å². The number of fused-ring (bicyclic) bond motifs is 3. The summed E-state index contributed by atoms with van der Waals surface area (Å²) < 4.78 is 66.2. The predicted octanol–water partition coefficient (Wildman–Crippen LogP) is 0.617. The molecule has 4 rings (SSSR count). The average Bonchev–Trinajstić information content (AvgIpc) is 3.25. The molecule has 0 bridgehead atoms. The molecule has 1 saturated heterocycles. The number of hydrogen-bond acceptors (Lipinski definition) is 6. The zero-order chi connectivity index (χ0) is 21.8. The van der Waals surface area contributed by atoms with E-state index in [2.05, 4.69) is 14.8 Å². The molecular formula is C16H15F3N6O4S. The number of likely N-dealkylation sites (tertiary alicyclic amines) is 1. The SMILES string of the molecule is CN(C(=O)c1ccc2c(c1)S(=O)(=O)Nc1ncnn1-2)C1CCN(CC(F)(F)F)C1=O. The van der Waals surface area contributed by atoms with Crippen LogP contribution in [0, 0.1) is 0 Å². The zero-order valence-corrected chi connectivity index (χ0v) is 16.2. The third kappa shape index (κ3) is 3.36. The monoisotopic (exact) mass is 444 g/mol. The number of anilines is 1. The van der Waals surface area contributed by atoms with Crippen molar-refractivity contribution in [2.45, 2.75) is 23.5 Å². The van der Waals surface area contributed by atoms with Gasteiger partial charge in [0.15, 0.2) is 0 Å². The standard InChI is InChI=1S/C16H15F3N6O4S/c1-23(11-4-5-24(14(11)27)7-16(17,18)19)13(26)9-2-3-10-12(6-9)30(28,29)22-15-20-8-21-25(10)15/h2-3,6,8,11H,4-5,7H2,1H3,(H,20,21,22). The second-order valence-corrected chi connectivity index (χ2v) is 8.53. The lowest BCUT2D eigenvalue weighted by Crippen LogP contribution is -2.44. The van der Waals surface area contributed by atoms with Gasteiger partial charge in [0.1, 0.15) is 23.8 Å². The van der Waals surface area contributed by atoms with Crippen LogP contribution < -0.4 is 4.72 Å². The van der Waals surface area contributed by atoms with Gasteiger partial charge in [-0.15, -0.1) is 0 Å². The summed E-state index contributed by atoms with van der Waals surface area (Å²) in [6.07, 6.45) is -3.32. The second-order valence-electron chi connectivity index (χ2n) is 6.88. The van der Waals surface area contributed by atoms with Crippen molar-refractivity contribution in [3.05, 3.63) is 30.1 Å². The number of nitrogens with zero attached hydrogens (tertiary/aromatic N) is 5. The number of rotatable bonds is 3. The Kier molecular flexibility index (Phi) is 4.48. The number of halogens is 3. The van der Waals surface area contributed by atoms with Crippen molar-refractivity contribution in [1.29, 1.82) is 0 Å². The van der Waals surface area contributed by atoms with Crippen LogP contribution >= 0.6 is 0 Å². The van der Waals surface area contributed by atoms with Crippen LogP contribution in [0.4, 0.5) is 19.1 Å². The smallest absolute Gasteiger partial charge is 0.332 e. The topological polar surface area (TPSA) is 118 Å². The van der Waals surface area contributed by atoms with Gasteiger partial charge < -0.3 is 9.80 Å². The molecule has 0 radical (unpaired) electrons. The maximum atomic E-state index is 12.8. The highest BCUT2D eigenvalue weighted by Gasteiger charge is 2.42. The number of alkyl halides is 3. The Morgan fingerprint density at radius 2 is 2.10 bits per heavy atom. The fourth-order valence-corrected chi connectivity index (χ4v) is 4.70. The number of aromatic nitrogens is 3. The Balaban J connectivity index is 1.60. The van der Waals surface area contributed by atoms with Crippen molar-refractivity contribution in [2.24, 2.45) is 0 Å². The second kappa shape index (κ2) is 6.68. The molecule has 3 heterocycles. The molecular weight excluding hydrogens is 429 g/mol. The molecule has 1 fully saturated rings. The van der Waals surface area contributed by atoms with E-state index in [0.717, 1.165) is 17.3 Å². The molecule has 160 valence electrons. The highest BCUT2D eigenvalue weighted by atomic mass is 32.2. The Labute approximate surface area is 168 Å². The van der Waals surface area contributed by atoms with E-state index >= 15 is 0 Å². The summed E-state index contributed by atoms with van der Waals surface area (Å²) in [5.74, 6) is -1.49. The van der Waals surface area contributed by atoms with E-state index in [1.165, 1.54) is 23.9 Å². The number of likely N-dealkylation sites (N-methyl/N-ethyl adjacent to an activating group) is 1. The number of amides is 2. The quantitative estimate of drug-likeness (QED) is 0.742. The van der Waals surface area contributed by atoms with Crippen LogP contribution in [-0.2, 0) is 14.8 Å². The molecule has 0 saturated carbocycles. The highest BCUT2D eigenvalue weighted by Crippen LogP contribution is 2.30. The summed E-state index contributed by atoms with van der Waals surface area (Å²) in [4.78, 5) is 30.4. The van der Waals surface area contributed by atoms with Crippen LogP contribution in [0.1, 0.15) is 16.8 Å². The Morgan fingerprint density at radius 1 is 1.37 bits per heavy atom. The third-order valence-corrected chi connectivity index (χ3v) is 6.28. The van der Waals surface area contributed by atoms with Gasteiger partial charge in [-0.2, -0.15) is 27.9 Å². The van der Waals surface area contributed by atoms with Crippen LogP contribution in [-0.4, -0.2) is 77.2 Å². The fourth-order valence-electron chi connectivity index (χ4n) is 3.50. The molecule has 1 atom stereocenters. The minimum absolute atomic E-state index is 0.00000272. The summed E-state index contributed by atoms with van der Waals surface area (Å²) in [6.45, 7) is -1.51. The molecule has 1 aromatic carbocycles. The first-order chi connectivity index (χ1) is 14.0. The first kappa shape index (κ1) is 20.1. The van der Waals surface area contributed by atoms with E-state index in [0.29, 0.717) is 4.90 Å². The van der Waals surface area contributed by atoms with Crippen LogP contribution in [0.25, 0.3) is 5.69 Å². The molecule has 0 aliphatic carbocycles. The van der Waals surface area contributed by atoms with Gasteiger partial charge in [-0.3, -0.25) is 9.59 Å². The highest BCUT2D eigenvalue weighted by molar-refractivity contribution is 7.93. The molecule has 0 spiro atoms. The van der Waals surface area contributed by atoms with Gasteiger partial charge in [0.05, 0.1) is 5.69 Å². The van der Waals surface area contributed by atoms with Crippen molar-refractivity contribution in [3.8, 4) is 5.69 Å². The number of sulfonamides is 1. The number of carbonyl (C=O) groups is 2. The average molecular weight is 444 g/mol. The van der Waals surface area contributed by atoms with E-state index < -0.39 is 40.6 Å². The van der Waals surface area contributed by atoms with Crippen molar-refractivity contribution < 1.29 is 31.2 Å². The first-order valence-corrected chi connectivity index (χ1v) is 10.2. The molecule has 2 aromatic rings. The van der Waals surface area contributed by atoms with E-state index in [4.69, 9.17) is 0 Å². The van der Waals surface area contributed by atoms with Crippen LogP contribution in [0.5, 0.6) is 0 Å². The normalized spacial score (nSPS) is 19.8. The van der Waals surface area contributed by atoms with Crippen molar-refractivity contribution in [3.63, 3.8) is 0 Å². The van der Waals surface area contributed by atoms with Gasteiger partial charge in [0, 0.05) is 19.2 Å². The Bertz CT molecular complexity index is 1150. The maximum Gasteiger partial charge on any atom is 0.406 e. The van der Waals surface area contributed by atoms with Crippen molar-refractivity contribution in [2.75, 3.05) is 24.9 Å². The van der Waals surface area contributed by atoms with E-state index in [9.17, 15) is 31.2 Å². The fraction of sp³-hybridized carbons (Fsp3) is 0.375. The summed E-state index contributed by atoms with van der Waals surface area (Å²) >= 11 is 0. The van der Waals surface area contributed by atoms with Crippen LogP contribution in [0.2, 0.25) is 0 Å². The van der Waals surface area contributed by atoms with E-state index in [1.54, 1.807) is 0 Å². The lowest BCUT2D eigenvalue weighted by Gasteiger charge is -2.25. The lowest BCUT2D eigenvalue weighted by atomic mass is 10.1. The molecule has 2 amide bonds. The Hall–Kier alpha value is -3.16. The number of hydrogen-bond donors (Lipinski definition) is 1. The molecule has 30 heavy (non-hydrogen) atoms. The molecule has 14 heteroatoms. The van der Waals surface area contributed by atoms with Crippen LogP contribution in [0.3, 0.4) is 0 Å². The maximum absolute atomic E-state index is 12.8. The van der Waals surface area contributed by atoms with Gasteiger partial charge in [0.2, 0.25) is 11.9 Å². The molecule has 1 aromatic heterocycles. The van der Waals surface area contributed by atoms with Gasteiger partial charge in [-0.25, -0.2) is 13.1 Å². The summed E-state index contributed by atoms with van der Waals surface area (Å²) in [6, 6.07) is 2.80. The van der Waals surface area contributed by atoms with E-state index in [-0.39, 0.29) is 35.1 Å². The zero-order valence-electron chi connectivity index (χ0n) is 15.4. The number of benzene rings is 1. The minimum Gasteiger partial charge on any atom is -0.332 e. The molecule has 2 aliphatic rings. The molecule has 10 nitrogen and oxygen atoms in total. The minimum atomic E-state index is -4.53. The molecule has 1 unspecified atom stereocenters. The summed E-state index contributed by atoms with van der Waals surface area (Å²) in [5.41, 5.74) is 0.154. The van der Waals surface area contributed by atoms with Crippen molar-refractivity contribution in [1.82, 2.24) is 24.6 Å².